The van der Waals surface area contributed by atoms with Crippen molar-refractivity contribution in [3.63, 3.8) is 0 Å². The Labute approximate surface area is 125 Å². The monoisotopic (exact) mass is 280 g/mol. The van der Waals surface area contributed by atoms with Crippen LogP contribution >= 0.6 is 0 Å². The predicted octanol–water partition coefficient (Wildman–Crippen LogP) is 1.93. The molecule has 0 amide bonds. The Morgan fingerprint density at radius 1 is 1.35 bits per heavy atom. The van der Waals surface area contributed by atoms with Crippen molar-refractivity contribution in [2.75, 3.05) is 46.8 Å². The van der Waals surface area contributed by atoms with Crippen LogP contribution in [0, 0.1) is 17.2 Å². The van der Waals surface area contributed by atoms with E-state index in [4.69, 9.17) is 0 Å². The molecule has 0 saturated carbocycles. The van der Waals surface area contributed by atoms with Gasteiger partial charge in [-0.3, -0.25) is 5.32 Å². The van der Waals surface area contributed by atoms with E-state index in [1.165, 1.54) is 32.5 Å². The molecular formula is C16H32N4. The van der Waals surface area contributed by atoms with Gasteiger partial charge in [-0.1, -0.05) is 6.92 Å². The molecule has 4 heteroatoms. The molecule has 4 nitrogen and oxygen atoms in total. The molecule has 1 saturated heterocycles. The van der Waals surface area contributed by atoms with Crippen molar-refractivity contribution in [3.05, 3.63) is 0 Å². The van der Waals surface area contributed by atoms with Gasteiger partial charge in [0.15, 0.2) is 0 Å². The molecule has 0 aromatic carbocycles. The van der Waals surface area contributed by atoms with E-state index in [0.717, 1.165) is 31.8 Å². The Morgan fingerprint density at radius 3 is 2.50 bits per heavy atom. The van der Waals surface area contributed by atoms with E-state index >= 15 is 0 Å². The first-order valence-electron chi connectivity index (χ1n) is 8.02. The number of hydrogen-bond donors (Lipinski definition) is 1. The highest BCUT2D eigenvalue weighted by Gasteiger charge is 2.23. The normalized spacial score (nSPS) is 20.8. The fraction of sp³-hybridized carbons (Fsp3) is 0.938. The van der Waals surface area contributed by atoms with Gasteiger partial charge in [0.1, 0.15) is 5.54 Å². The van der Waals surface area contributed by atoms with Gasteiger partial charge >= 0.3 is 0 Å². The van der Waals surface area contributed by atoms with Crippen LogP contribution in [0.4, 0.5) is 0 Å². The number of likely N-dealkylation sites (tertiary alicyclic amines) is 1. The quantitative estimate of drug-likeness (QED) is 0.738. The van der Waals surface area contributed by atoms with Crippen LogP contribution in [0.1, 0.15) is 39.5 Å². The molecule has 20 heavy (non-hydrogen) atoms. The smallest absolute Gasteiger partial charge is 0.103 e. The van der Waals surface area contributed by atoms with Gasteiger partial charge in [0.05, 0.1) is 6.07 Å². The average Bonchev–Trinajstić information content (AvgIpc) is 2.40. The zero-order chi connectivity index (χ0) is 15.0. The van der Waals surface area contributed by atoms with Gasteiger partial charge in [-0.2, -0.15) is 5.26 Å². The summed E-state index contributed by atoms with van der Waals surface area (Å²) in [5, 5.41) is 12.5. The van der Waals surface area contributed by atoms with Gasteiger partial charge in [-0.15, -0.1) is 0 Å². The lowest BCUT2D eigenvalue weighted by molar-refractivity contribution is 0.158. The van der Waals surface area contributed by atoms with Crippen LogP contribution < -0.4 is 5.32 Å². The standard InChI is InChI=1S/C16H32N4/c1-5-18-16(2,14-17)9-6-10-20-11-7-15(8-12-20)13-19(3)4/h15,18H,5-13H2,1-4H3. The van der Waals surface area contributed by atoms with Crippen LogP contribution in [-0.2, 0) is 0 Å². The van der Waals surface area contributed by atoms with Crippen LogP contribution in [0.2, 0.25) is 0 Å². The molecule has 1 N–H and O–H groups in total. The van der Waals surface area contributed by atoms with E-state index < -0.39 is 0 Å². The van der Waals surface area contributed by atoms with Gasteiger partial charge in [0.25, 0.3) is 0 Å². The minimum Gasteiger partial charge on any atom is -0.309 e. The van der Waals surface area contributed by atoms with Crippen molar-refractivity contribution in [3.8, 4) is 6.07 Å². The molecule has 1 heterocycles. The molecule has 1 atom stereocenters. The highest BCUT2D eigenvalue weighted by Crippen LogP contribution is 2.19. The molecule has 0 aromatic rings. The van der Waals surface area contributed by atoms with Gasteiger partial charge in [0, 0.05) is 6.54 Å². The Balaban J connectivity index is 2.20. The van der Waals surface area contributed by atoms with E-state index in [1.807, 2.05) is 6.92 Å². The second-order valence-electron chi connectivity index (χ2n) is 6.63. The molecule has 0 aromatic heterocycles. The summed E-state index contributed by atoms with van der Waals surface area (Å²) in [5.74, 6) is 0.868. The molecule has 1 unspecified atom stereocenters. The average molecular weight is 280 g/mol. The number of nitrogens with zero attached hydrogens (tertiary/aromatic N) is 3. The third-order valence-corrected chi connectivity index (χ3v) is 4.30. The molecule has 0 bridgehead atoms. The molecule has 1 aliphatic heterocycles. The van der Waals surface area contributed by atoms with Gasteiger partial charge < -0.3 is 9.80 Å². The Hall–Kier alpha value is -0.630. The Kier molecular flexibility index (Phi) is 7.50. The number of nitriles is 1. The van der Waals surface area contributed by atoms with Crippen molar-refractivity contribution < 1.29 is 0 Å². The maximum absolute atomic E-state index is 9.24. The summed E-state index contributed by atoms with van der Waals surface area (Å²) < 4.78 is 0. The third-order valence-electron chi connectivity index (χ3n) is 4.30. The molecular weight excluding hydrogens is 248 g/mol. The summed E-state index contributed by atoms with van der Waals surface area (Å²) in [4.78, 5) is 4.87. The summed E-state index contributed by atoms with van der Waals surface area (Å²) >= 11 is 0. The predicted molar refractivity (Wildman–Crippen MR) is 84.6 cm³/mol. The van der Waals surface area contributed by atoms with E-state index in [0.29, 0.717) is 0 Å². The third kappa shape index (κ3) is 6.21. The van der Waals surface area contributed by atoms with E-state index in [9.17, 15) is 5.26 Å². The number of nitrogens with one attached hydrogen (secondary N) is 1. The second kappa shape index (κ2) is 8.61. The minimum atomic E-state index is -0.349. The van der Waals surface area contributed by atoms with Crippen molar-refractivity contribution in [1.29, 1.82) is 5.26 Å². The molecule has 116 valence electrons. The van der Waals surface area contributed by atoms with Gasteiger partial charge in [-0.05, 0) is 78.8 Å². The van der Waals surface area contributed by atoms with Crippen molar-refractivity contribution in [2.24, 2.45) is 5.92 Å². The number of rotatable bonds is 8. The lowest BCUT2D eigenvalue weighted by atomic mass is 9.94. The zero-order valence-electron chi connectivity index (χ0n) is 13.8. The second-order valence-corrected chi connectivity index (χ2v) is 6.63. The Bertz CT molecular complexity index is 302. The maximum Gasteiger partial charge on any atom is 0.103 e. The molecule has 0 aliphatic carbocycles. The summed E-state index contributed by atoms with van der Waals surface area (Å²) in [6.45, 7) is 9.75. The van der Waals surface area contributed by atoms with Gasteiger partial charge in [0.2, 0.25) is 0 Å². The van der Waals surface area contributed by atoms with Crippen molar-refractivity contribution >= 4 is 0 Å². The number of piperidine rings is 1. The topological polar surface area (TPSA) is 42.3 Å². The first-order valence-corrected chi connectivity index (χ1v) is 8.02. The SMILES string of the molecule is CCNC(C)(C#N)CCCN1CCC(CN(C)C)CC1. The Morgan fingerprint density at radius 2 is 2.00 bits per heavy atom. The minimum absolute atomic E-state index is 0.349. The first-order chi connectivity index (χ1) is 9.49. The van der Waals surface area contributed by atoms with Crippen molar-refractivity contribution in [2.45, 2.75) is 45.1 Å². The van der Waals surface area contributed by atoms with E-state index in [-0.39, 0.29) is 5.54 Å². The summed E-state index contributed by atoms with van der Waals surface area (Å²) in [6, 6.07) is 2.41. The fourth-order valence-corrected chi connectivity index (χ4v) is 3.14. The van der Waals surface area contributed by atoms with Crippen LogP contribution in [0.25, 0.3) is 0 Å². The molecule has 1 rings (SSSR count). The molecule has 0 spiro atoms. The first kappa shape index (κ1) is 17.4. The molecule has 1 aliphatic rings. The van der Waals surface area contributed by atoms with E-state index in [1.54, 1.807) is 0 Å². The van der Waals surface area contributed by atoms with Crippen LogP contribution in [0.5, 0.6) is 0 Å². The van der Waals surface area contributed by atoms with Crippen molar-refractivity contribution in [1.82, 2.24) is 15.1 Å². The lowest BCUT2D eigenvalue weighted by Crippen LogP contribution is -2.42. The number of hydrogen-bond acceptors (Lipinski definition) is 4. The summed E-state index contributed by atoms with van der Waals surface area (Å²) in [6.07, 6.45) is 4.69. The fourth-order valence-electron chi connectivity index (χ4n) is 3.14. The van der Waals surface area contributed by atoms with E-state index in [2.05, 4.69) is 42.2 Å². The van der Waals surface area contributed by atoms with Gasteiger partial charge in [-0.25, -0.2) is 0 Å². The zero-order valence-corrected chi connectivity index (χ0v) is 13.8. The van der Waals surface area contributed by atoms with Crippen LogP contribution in [-0.4, -0.2) is 62.2 Å². The largest absolute Gasteiger partial charge is 0.309 e. The summed E-state index contributed by atoms with van der Waals surface area (Å²) in [5.41, 5.74) is -0.349. The van der Waals surface area contributed by atoms with Crippen LogP contribution in [0.15, 0.2) is 0 Å². The maximum atomic E-state index is 9.24. The highest BCUT2D eigenvalue weighted by molar-refractivity contribution is 5.03. The highest BCUT2D eigenvalue weighted by atomic mass is 15.1. The molecule has 1 fully saturated rings. The molecule has 0 radical (unpaired) electrons. The lowest BCUT2D eigenvalue weighted by Gasteiger charge is -2.33. The summed E-state index contributed by atoms with van der Waals surface area (Å²) in [7, 11) is 4.33. The van der Waals surface area contributed by atoms with Crippen LogP contribution in [0.3, 0.4) is 0 Å².